The Hall–Kier alpha value is -3.13. The summed E-state index contributed by atoms with van der Waals surface area (Å²) in [4.78, 5) is 26.3. The molecule has 0 saturated carbocycles. The van der Waals surface area contributed by atoms with Gasteiger partial charge in [-0.25, -0.2) is 27.5 Å². The minimum atomic E-state index is -4.96. The van der Waals surface area contributed by atoms with E-state index >= 15 is 0 Å². The molecule has 190 valence electrons. The number of carbonyl (C=O) groups is 1. The molecule has 0 radical (unpaired) electrons. The zero-order chi connectivity index (χ0) is 25.2. The maximum absolute atomic E-state index is 13.1. The van der Waals surface area contributed by atoms with Crippen LogP contribution in [0.2, 0.25) is 0 Å². The van der Waals surface area contributed by atoms with Gasteiger partial charge in [-0.3, -0.25) is 9.80 Å². The third kappa shape index (κ3) is 5.59. The Balaban J connectivity index is 1.33. The number of aromatic nitrogens is 2. The Bertz CT molecular complexity index is 1160. The number of nitrogens with zero attached hydrogens (tertiary/aromatic N) is 6. The highest BCUT2D eigenvalue weighted by Crippen LogP contribution is 2.37. The normalized spacial score (nSPS) is 18.5. The fourth-order valence-corrected chi connectivity index (χ4v) is 5.77. The van der Waals surface area contributed by atoms with Gasteiger partial charge in [-0.1, -0.05) is 0 Å². The van der Waals surface area contributed by atoms with E-state index in [2.05, 4.69) is 24.5 Å². The first-order valence-corrected chi connectivity index (χ1v) is 12.4. The number of unbranched alkanes of at least 4 members (excludes halogenated alkanes) is 1. The second kappa shape index (κ2) is 9.85. The summed E-state index contributed by atoms with van der Waals surface area (Å²) in [6, 6.07) is 3.91. The van der Waals surface area contributed by atoms with Crippen LogP contribution in [0.1, 0.15) is 12.8 Å². The monoisotopic (exact) mass is 514 g/mol. The molecule has 2 aromatic rings. The van der Waals surface area contributed by atoms with E-state index in [1.165, 1.54) is 7.05 Å². The Morgan fingerprint density at radius 3 is 2.34 bits per heavy atom. The van der Waals surface area contributed by atoms with E-state index < -0.39 is 33.1 Å². The molecule has 1 aromatic heterocycles. The molecule has 4 rings (SSSR count). The zero-order valence-electron chi connectivity index (χ0n) is 19.0. The molecule has 0 aliphatic carbocycles. The molecular formula is C21H25F3N6O4S. The van der Waals surface area contributed by atoms with Crippen LogP contribution in [0.15, 0.2) is 41.6 Å². The number of rotatable bonds is 7. The lowest BCUT2D eigenvalue weighted by Gasteiger charge is -2.35. The van der Waals surface area contributed by atoms with Gasteiger partial charge in [-0.2, -0.15) is 0 Å². The van der Waals surface area contributed by atoms with Crippen LogP contribution in [0.4, 0.5) is 29.6 Å². The number of carbonyl (C=O) groups excluding carboxylic acids is 1. The molecule has 0 spiro atoms. The summed E-state index contributed by atoms with van der Waals surface area (Å²) in [5, 5.41) is 0. The molecule has 35 heavy (non-hydrogen) atoms. The van der Waals surface area contributed by atoms with Gasteiger partial charge in [-0.15, -0.1) is 13.2 Å². The van der Waals surface area contributed by atoms with Gasteiger partial charge in [0.25, 0.3) is 10.0 Å². The van der Waals surface area contributed by atoms with E-state index in [9.17, 15) is 26.4 Å². The molecule has 2 aliphatic heterocycles. The van der Waals surface area contributed by atoms with E-state index in [4.69, 9.17) is 0 Å². The molecule has 10 nitrogen and oxygen atoms in total. The maximum atomic E-state index is 13.1. The number of urea groups is 1. The number of fused-ring (bicyclic) bond motifs is 1. The minimum absolute atomic E-state index is 0.000964. The summed E-state index contributed by atoms with van der Waals surface area (Å²) >= 11 is 0. The molecule has 2 amide bonds. The van der Waals surface area contributed by atoms with Gasteiger partial charge in [0.15, 0.2) is 0 Å². The Labute approximate surface area is 201 Å². The van der Waals surface area contributed by atoms with E-state index in [0.29, 0.717) is 23.1 Å². The lowest BCUT2D eigenvalue weighted by atomic mass is 10.2. The Morgan fingerprint density at radius 1 is 1.03 bits per heavy atom. The number of anilines is 2. The lowest BCUT2D eigenvalue weighted by Crippen LogP contribution is -2.49. The van der Waals surface area contributed by atoms with Crippen molar-refractivity contribution in [1.82, 2.24) is 19.2 Å². The van der Waals surface area contributed by atoms with Gasteiger partial charge < -0.3 is 9.64 Å². The fraction of sp³-hybridized carbons (Fsp3) is 0.476. The quantitative estimate of drug-likeness (QED) is 0.520. The van der Waals surface area contributed by atoms with Crippen molar-refractivity contribution in [3.63, 3.8) is 0 Å². The highest BCUT2D eigenvalue weighted by molar-refractivity contribution is 7.90. The molecule has 1 aromatic carbocycles. The van der Waals surface area contributed by atoms with E-state index in [1.54, 1.807) is 18.5 Å². The topological polar surface area (TPSA) is 99.2 Å². The van der Waals surface area contributed by atoms with Gasteiger partial charge in [-0.05, 0) is 37.6 Å². The van der Waals surface area contributed by atoms with Crippen molar-refractivity contribution < 1.29 is 31.1 Å². The van der Waals surface area contributed by atoms with E-state index in [1.807, 2.05) is 0 Å². The number of halogens is 3. The average molecular weight is 515 g/mol. The number of sulfonamides is 1. The highest BCUT2D eigenvalue weighted by Gasteiger charge is 2.41. The number of benzene rings is 1. The molecular weight excluding hydrogens is 489 g/mol. The van der Waals surface area contributed by atoms with Crippen molar-refractivity contribution in [2.24, 2.45) is 0 Å². The largest absolute Gasteiger partial charge is 0.573 e. The summed E-state index contributed by atoms with van der Waals surface area (Å²) in [7, 11) is -2.95. The predicted octanol–water partition coefficient (Wildman–Crippen LogP) is 2.54. The summed E-state index contributed by atoms with van der Waals surface area (Å²) in [5.41, 5.74) is 0.000964. The molecule has 3 heterocycles. The van der Waals surface area contributed by atoms with Crippen LogP contribution in [-0.4, -0.2) is 86.3 Å². The first-order valence-electron chi connectivity index (χ1n) is 11.0. The number of hydrogen-bond acceptors (Lipinski definition) is 8. The van der Waals surface area contributed by atoms with Crippen LogP contribution < -0.4 is 14.5 Å². The van der Waals surface area contributed by atoms with Gasteiger partial charge in [0.05, 0.1) is 5.69 Å². The fourth-order valence-electron chi connectivity index (χ4n) is 4.10. The third-order valence-corrected chi connectivity index (χ3v) is 7.69. The van der Waals surface area contributed by atoms with E-state index in [0.717, 1.165) is 55.8 Å². The van der Waals surface area contributed by atoms with Crippen molar-refractivity contribution in [1.29, 1.82) is 0 Å². The van der Waals surface area contributed by atoms with E-state index in [-0.39, 0.29) is 12.2 Å². The zero-order valence-corrected chi connectivity index (χ0v) is 19.8. The van der Waals surface area contributed by atoms with Crippen LogP contribution in [-0.2, 0) is 10.0 Å². The van der Waals surface area contributed by atoms with Crippen molar-refractivity contribution >= 4 is 27.7 Å². The Kier molecular flexibility index (Phi) is 7.03. The summed E-state index contributed by atoms with van der Waals surface area (Å²) < 4.78 is 68.4. The number of ether oxygens (including phenoxy) is 1. The molecule has 0 unspecified atom stereocenters. The van der Waals surface area contributed by atoms with Crippen LogP contribution >= 0.6 is 0 Å². The van der Waals surface area contributed by atoms with Crippen LogP contribution in [0.3, 0.4) is 0 Å². The molecule has 2 aliphatic rings. The first-order chi connectivity index (χ1) is 16.6. The van der Waals surface area contributed by atoms with Gasteiger partial charge in [0.2, 0.25) is 5.95 Å². The predicted molar refractivity (Wildman–Crippen MR) is 121 cm³/mol. The molecule has 1 saturated heterocycles. The second-order valence-corrected chi connectivity index (χ2v) is 10.0. The standard InChI is InChI=1S/C21H25F3N6O4S/c1-27-17-6-5-16(34-21(22,23)24)15-18(17)35(32,33)30(20(27)31)10-3-2-9-28-11-13-29(14-12-28)19-25-7-4-8-26-19/h4-8,15H,2-3,9-14H2,1H3. The molecule has 0 atom stereocenters. The van der Waals surface area contributed by atoms with Gasteiger partial charge >= 0.3 is 12.4 Å². The Morgan fingerprint density at radius 2 is 1.69 bits per heavy atom. The summed E-state index contributed by atoms with van der Waals surface area (Å²) in [5.74, 6) is 0.0247. The van der Waals surface area contributed by atoms with Crippen LogP contribution in [0.5, 0.6) is 5.75 Å². The summed E-state index contributed by atoms with van der Waals surface area (Å²) in [6.07, 6.45) is -0.507. The van der Waals surface area contributed by atoms with Crippen LogP contribution in [0, 0.1) is 0 Å². The van der Waals surface area contributed by atoms with Crippen molar-refractivity contribution in [2.75, 3.05) is 56.1 Å². The first kappa shape index (κ1) is 25.0. The van der Waals surface area contributed by atoms with Crippen molar-refractivity contribution in [3.8, 4) is 5.75 Å². The van der Waals surface area contributed by atoms with Crippen LogP contribution in [0.25, 0.3) is 0 Å². The number of hydrogen-bond donors (Lipinski definition) is 0. The SMILES string of the molecule is CN1C(=O)N(CCCCN2CCN(c3ncccn3)CC2)S(=O)(=O)c2cc(OC(F)(F)F)ccc21. The summed E-state index contributed by atoms with van der Waals surface area (Å²) in [6.45, 7) is 3.79. The maximum Gasteiger partial charge on any atom is 0.573 e. The lowest BCUT2D eigenvalue weighted by molar-refractivity contribution is -0.274. The molecule has 14 heteroatoms. The average Bonchev–Trinajstić information content (AvgIpc) is 2.82. The highest BCUT2D eigenvalue weighted by atomic mass is 32.2. The third-order valence-electron chi connectivity index (χ3n) is 5.89. The molecule has 0 N–H and O–H groups in total. The number of alkyl halides is 3. The van der Waals surface area contributed by atoms with Gasteiger partial charge in [0.1, 0.15) is 10.6 Å². The minimum Gasteiger partial charge on any atom is -0.406 e. The molecule has 0 bridgehead atoms. The van der Waals surface area contributed by atoms with Crippen molar-refractivity contribution in [2.45, 2.75) is 24.1 Å². The smallest absolute Gasteiger partial charge is 0.406 e. The second-order valence-electron chi connectivity index (χ2n) is 8.18. The van der Waals surface area contributed by atoms with Gasteiger partial charge in [0, 0.05) is 58.2 Å². The number of piperazine rings is 1. The number of amides is 2. The molecule has 1 fully saturated rings. The van der Waals surface area contributed by atoms with Crippen molar-refractivity contribution in [3.05, 3.63) is 36.7 Å².